The van der Waals surface area contributed by atoms with Crippen LogP contribution in [0, 0.1) is 0 Å². The van der Waals surface area contributed by atoms with Crippen molar-refractivity contribution in [3.63, 3.8) is 0 Å². The number of benzene rings is 3. The zero-order valence-corrected chi connectivity index (χ0v) is 19.2. The van der Waals surface area contributed by atoms with E-state index in [0.717, 1.165) is 28.9 Å². The van der Waals surface area contributed by atoms with E-state index in [2.05, 4.69) is 5.32 Å². The molecule has 0 fully saturated rings. The van der Waals surface area contributed by atoms with Gasteiger partial charge in [0.2, 0.25) is 0 Å². The van der Waals surface area contributed by atoms with Gasteiger partial charge in [-0.15, -0.1) is 0 Å². The van der Waals surface area contributed by atoms with Gasteiger partial charge in [0.05, 0.1) is 11.0 Å². The summed E-state index contributed by atoms with van der Waals surface area (Å²) >= 11 is 0. The predicted molar refractivity (Wildman–Crippen MR) is 138 cm³/mol. The molecule has 7 heteroatoms. The Morgan fingerprint density at radius 1 is 0.912 bits per heavy atom. The molecule has 0 aliphatic carbocycles. The summed E-state index contributed by atoms with van der Waals surface area (Å²) in [5.41, 5.74) is 12.5. The molecule has 0 saturated heterocycles. The zero-order valence-electron chi connectivity index (χ0n) is 19.2. The average Bonchev–Trinajstić information content (AvgIpc) is 3.13. The fourth-order valence-corrected chi connectivity index (χ4v) is 4.10. The molecule has 2 heterocycles. The highest BCUT2D eigenvalue weighted by molar-refractivity contribution is 6.11. The monoisotopic (exact) mass is 450 g/mol. The summed E-state index contributed by atoms with van der Waals surface area (Å²) in [7, 11) is 3.98. The topological polar surface area (TPSA) is 89.1 Å². The second-order valence-electron chi connectivity index (χ2n) is 8.38. The van der Waals surface area contributed by atoms with E-state index in [1.807, 2.05) is 97.9 Å². The van der Waals surface area contributed by atoms with Gasteiger partial charge in [-0.25, -0.2) is 9.97 Å². The van der Waals surface area contributed by atoms with Gasteiger partial charge in [0.15, 0.2) is 5.65 Å². The fourth-order valence-electron chi connectivity index (χ4n) is 4.10. The van der Waals surface area contributed by atoms with Crippen molar-refractivity contribution in [1.29, 1.82) is 0 Å². The third-order valence-electron chi connectivity index (χ3n) is 5.89. The Kier molecular flexibility index (Phi) is 5.59. The molecule has 7 nitrogen and oxygen atoms in total. The first-order valence-electron chi connectivity index (χ1n) is 11.2. The van der Waals surface area contributed by atoms with E-state index >= 15 is 0 Å². The Labute approximate surface area is 197 Å². The molecule has 0 aliphatic heterocycles. The molecule has 0 spiro atoms. The van der Waals surface area contributed by atoms with Gasteiger partial charge in [0.25, 0.3) is 5.91 Å². The van der Waals surface area contributed by atoms with Gasteiger partial charge in [-0.3, -0.25) is 9.36 Å². The molecule has 1 amide bonds. The molecule has 0 unspecified atom stereocenters. The molecule has 0 saturated carbocycles. The number of nitrogens with two attached hydrogens (primary N) is 1. The van der Waals surface area contributed by atoms with Crippen LogP contribution in [0.3, 0.4) is 0 Å². The smallest absolute Gasteiger partial charge is 0.257 e. The molecular formula is C27H26N6O. The third kappa shape index (κ3) is 3.92. The molecule has 170 valence electrons. The molecule has 34 heavy (non-hydrogen) atoms. The van der Waals surface area contributed by atoms with Gasteiger partial charge >= 0.3 is 0 Å². The summed E-state index contributed by atoms with van der Waals surface area (Å²) in [4.78, 5) is 25.0. The normalized spacial score (nSPS) is 11.1. The number of carbonyl (C=O) groups excluding carboxylic acids is 1. The standard InChI is InChI=1S/C27H26N6O/c1-32(2)19-12-14-20(15-13-19)33-25(28)23(27(34)29-17-16-18-8-4-3-5-9-18)24-26(33)31-22-11-7-6-10-21(22)30-24/h3-15H,16-17,28H2,1-2H3,(H,29,34). The van der Waals surface area contributed by atoms with Crippen LogP contribution in [0.15, 0.2) is 78.9 Å². The lowest BCUT2D eigenvalue weighted by atomic mass is 10.1. The number of carbonyl (C=O) groups is 1. The Bertz CT molecular complexity index is 1470. The molecule has 3 N–H and O–H groups in total. The summed E-state index contributed by atoms with van der Waals surface area (Å²) in [5.74, 6) is 0.0618. The predicted octanol–water partition coefficient (Wildman–Crippen LogP) is 4.19. The van der Waals surface area contributed by atoms with Crippen LogP contribution < -0.4 is 16.0 Å². The SMILES string of the molecule is CN(C)c1ccc(-n2c(N)c(C(=O)NCCc3ccccc3)c3nc4ccccc4nc32)cc1. The van der Waals surface area contributed by atoms with Gasteiger partial charge in [0.1, 0.15) is 16.9 Å². The summed E-state index contributed by atoms with van der Waals surface area (Å²) in [6.07, 6.45) is 0.728. The van der Waals surface area contributed by atoms with Crippen LogP contribution in [0.25, 0.3) is 27.9 Å². The second-order valence-corrected chi connectivity index (χ2v) is 8.38. The number of nitrogens with zero attached hydrogens (tertiary/aromatic N) is 4. The largest absolute Gasteiger partial charge is 0.384 e. The Hall–Kier alpha value is -4.39. The molecule has 5 aromatic rings. The molecule has 5 rings (SSSR count). The number of rotatable bonds is 6. The Balaban J connectivity index is 1.58. The summed E-state index contributed by atoms with van der Waals surface area (Å²) in [6, 6.07) is 25.6. The van der Waals surface area contributed by atoms with Gasteiger partial charge in [-0.05, 0) is 48.4 Å². The van der Waals surface area contributed by atoms with E-state index in [-0.39, 0.29) is 5.91 Å². The van der Waals surface area contributed by atoms with E-state index < -0.39 is 0 Å². The van der Waals surface area contributed by atoms with Gasteiger partial charge in [0, 0.05) is 32.0 Å². The number of hydrogen-bond donors (Lipinski definition) is 2. The number of amides is 1. The van der Waals surface area contributed by atoms with Crippen molar-refractivity contribution in [3.8, 4) is 5.69 Å². The molecule has 0 radical (unpaired) electrons. The van der Waals surface area contributed by atoms with Gasteiger partial charge < -0.3 is 16.0 Å². The summed E-state index contributed by atoms with van der Waals surface area (Å²) in [5, 5.41) is 3.01. The van der Waals surface area contributed by atoms with E-state index in [0.29, 0.717) is 34.6 Å². The van der Waals surface area contributed by atoms with Crippen LogP contribution in [0.1, 0.15) is 15.9 Å². The van der Waals surface area contributed by atoms with Crippen molar-refractivity contribution in [3.05, 3.63) is 90.0 Å². The first kappa shape index (κ1) is 21.5. The second kappa shape index (κ2) is 8.86. The number of nitrogens with one attached hydrogen (secondary N) is 1. The van der Waals surface area contributed by atoms with Crippen molar-refractivity contribution >= 4 is 39.6 Å². The molecule has 0 aliphatic rings. The van der Waals surface area contributed by atoms with Crippen LogP contribution >= 0.6 is 0 Å². The van der Waals surface area contributed by atoms with Crippen molar-refractivity contribution in [2.45, 2.75) is 6.42 Å². The van der Waals surface area contributed by atoms with Crippen LogP contribution in [-0.4, -0.2) is 41.1 Å². The number of anilines is 2. The van der Waals surface area contributed by atoms with Crippen LogP contribution in [0.5, 0.6) is 0 Å². The number of nitrogen functional groups attached to an aromatic ring is 1. The van der Waals surface area contributed by atoms with E-state index in [4.69, 9.17) is 15.7 Å². The molecule has 3 aromatic carbocycles. The van der Waals surface area contributed by atoms with Crippen LogP contribution in [0.2, 0.25) is 0 Å². The van der Waals surface area contributed by atoms with Crippen molar-refractivity contribution in [2.75, 3.05) is 31.3 Å². The van der Waals surface area contributed by atoms with Crippen molar-refractivity contribution in [2.24, 2.45) is 0 Å². The van der Waals surface area contributed by atoms with Crippen molar-refractivity contribution < 1.29 is 4.79 Å². The maximum atomic E-state index is 13.3. The quantitative estimate of drug-likeness (QED) is 0.405. The van der Waals surface area contributed by atoms with E-state index in [1.54, 1.807) is 4.57 Å². The zero-order chi connectivity index (χ0) is 23.7. The minimum atomic E-state index is -0.258. The first-order valence-corrected chi connectivity index (χ1v) is 11.2. The average molecular weight is 451 g/mol. The molecule has 2 aromatic heterocycles. The Morgan fingerprint density at radius 3 is 2.24 bits per heavy atom. The highest BCUT2D eigenvalue weighted by Gasteiger charge is 2.24. The highest BCUT2D eigenvalue weighted by atomic mass is 16.1. The maximum Gasteiger partial charge on any atom is 0.257 e. The molecule has 0 bridgehead atoms. The van der Waals surface area contributed by atoms with Crippen LogP contribution in [0.4, 0.5) is 11.5 Å². The molecule has 0 atom stereocenters. The summed E-state index contributed by atoms with van der Waals surface area (Å²) < 4.78 is 1.81. The van der Waals surface area contributed by atoms with Crippen LogP contribution in [-0.2, 0) is 6.42 Å². The highest BCUT2D eigenvalue weighted by Crippen LogP contribution is 2.31. The third-order valence-corrected chi connectivity index (χ3v) is 5.89. The fraction of sp³-hybridized carbons (Fsp3) is 0.148. The minimum Gasteiger partial charge on any atom is -0.384 e. The number of hydrogen-bond acceptors (Lipinski definition) is 5. The van der Waals surface area contributed by atoms with Crippen molar-refractivity contribution in [1.82, 2.24) is 19.9 Å². The lowest BCUT2D eigenvalue weighted by Gasteiger charge is -2.14. The lowest BCUT2D eigenvalue weighted by molar-refractivity contribution is 0.0956. The molecular weight excluding hydrogens is 424 g/mol. The first-order chi connectivity index (χ1) is 16.5. The Morgan fingerprint density at radius 2 is 1.56 bits per heavy atom. The minimum absolute atomic E-state index is 0.258. The van der Waals surface area contributed by atoms with Gasteiger partial charge in [-0.2, -0.15) is 0 Å². The van der Waals surface area contributed by atoms with E-state index in [9.17, 15) is 4.79 Å². The maximum absolute atomic E-state index is 13.3. The van der Waals surface area contributed by atoms with Gasteiger partial charge in [-0.1, -0.05) is 42.5 Å². The number of para-hydroxylation sites is 2. The van der Waals surface area contributed by atoms with E-state index in [1.165, 1.54) is 0 Å². The number of aromatic nitrogens is 3. The lowest BCUT2D eigenvalue weighted by Crippen LogP contribution is -2.26. The summed E-state index contributed by atoms with van der Waals surface area (Å²) in [6.45, 7) is 0.494. The number of fused-ring (bicyclic) bond motifs is 2.